The molecule has 8 heteroatoms. The number of aromatic nitrogens is 1. The minimum absolute atomic E-state index is 0.0572. The molecule has 2 aliphatic rings. The largest absolute Gasteiger partial charge is 0.478 e. The van der Waals surface area contributed by atoms with Crippen LogP contribution in [0.4, 0.5) is 0 Å². The van der Waals surface area contributed by atoms with Crippen molar-refractivity contribution >= 4 is 28.7 Å². The Labute approximate surface area is 200 Å². The van der Waals surface area contributed by atoms with Gasteiger partial charge in [-0.05, 0) is 49.4 Å². The van der Waals surface area contributed by atoms with E-state index in [9.17, 15) is 14.4 Å². The summed E-state index contributed by atoms with van der Waals surface area (Å²) in [6.45, 7) is 9.49. The molecule has 1 unspecified atom stereocenters. The molecule has 184 valence electrons. The maximum atomic E-state index is 13.0. The molecule has 8 nitrogen and oxygen atoms in total. The lowest BCUT2D eigenvalue weighted by atomic mass is 9.72. The average Bonchev–Trinajstić information content (AvgIpc) is 3.17. The van der Waals surface area contributed by atoms with E-state index in [4.69, 9.17) is 10.2 Å². The van der Waals surface area contributed by atoms with Crippen LogP contribution in [-0.2, 0) is 20.8 Å². The van der Waals surface area contributed by atoms with Gasteiger partial charge in [0.25, 0.3) is 0 Å². The zero-order valence-electron chi connectivity index (χ0n) is 20.5. The quantitative estimate of drug-likeness (QED) is 0.509. The molecule has 0 saturated carbocycles. The van der Waals surface area contributed by atoms with Crippen molar-refractivity contribution in [1.29, 1.82) is 0 Å². The predicted octanol–water partition coefficient (Wildman–Crippen LogP) is 3.39. The first-order valence-electron chi connectivity index (χ1n) is 11.6. The van der Waals surface area contributed by atoms with Crippen LogP contribution in [0.2, 0.25) is 0 Å². The van der Waals surface area contributed by atoms with E-state index in [2.05, 4.69) is 74.3 Å². The number of carboxylic acids is 2. The summed E-state index contributed by atoms with van der Waals surface area (Å²) < 4.78 is 0. The van der Waals surface area contributed by atoms with Crippen molar-refractivity contribution in [2.45, 2.75) is 58.5 Å². The van der Waals surface area contributed by atoms with Crippen LogP contribution in [0.3, 0.4) is 0 Å². The van der Waals surface area contributed by atoms with E-state index in [0.717, 1.165) is 19.4 Å². The SMILES string of the molecule is CC(NC(=O)[C@@H]1C[C@@H]2c3cccc4[nH]cc(c34)C[C@H]2N(C)C1)C(C)(C)C.O=C(O)/C=C\C(=O)O. The van der Waals surface area contributed by atoms with E-state index in [1.165, 1.54) is 22.0 Å². The van der Waals surface area contributed by atoms with Crippen LogP contribution in [0.5, 0.6) is 0 Å². The molecule has 1 aromatic carbocycles. The molecule has 2 aromatic rings. The molecule has 1 aliphatic carbocycles. The highest BCUT2D eigenvalue weighted by molar-refractivity contribution is 5.90. The molecule has 1 fully saturated rings. The van der Waals surface area contributed by atoms with E-state index < -0.39 is 11.9 Å². The summed E-state index contributed by atoms with van der Waals surface area (Å²) in [4.78, 5) is 37.9. The standard InChI is InChI=1S/C22H31N3O.C4H4O4/c1-13(22(2,3)4)24-21(26)15-9-17-16-7-6-8-18-20(16)14(11-23-18)10-19(17)25(5)12-15;5-3(6)1-2-4(7)8/h6-8,11,13,15,17,19,23H,9-10,12H2,1-5H3,(H,24,26);1-2H,(H,5,6)(H,7,8)/b;2-1-/t13?,15-,17-,19-;/m1./s1. The third kappa shape index (κ3) is 5.67. The van der Waals surface area contributed by atoms with Gasteiger partial charge in [-0.2, -0.15) is 0 Å². The topological polar surface area (TPSA) is 123 Å². The Hall–Kier alpha value is -3.13. The van der Waals surface area contributed by atoms with Crippen LogP contribution in [0.1, 0.15) is 51.2 Å². The van der Waals surface area contributed by atoms with E-state index in [0.29, 0.717) is 24.1 Å². The number of amides is 1. The van der Waals surface area contributed by atoms with Gasteiger partial charge in [0.1, 0.15) is 0 Å². The van der Waals surface area contributed by atoms with E-state index in [-0.39, 0.29) is 23.3 Å². The first kappa shape index (κ1) is 25.5. The smallest absolute Gasteiger partial charge is 0.328 e. The lowest BCUT2D eigenvalue weighted by Gasteiger charge is -2.45. The number of carbonyl (C=O) groups is 3. The van der Waals surface area contributed by atoms with Gasteiger partial charge in [-0.1, -0.05) is 32.9 Å². The summed E-state index contributed by atoms with van der Waals surface area (Å²) in [5, 5.41) is 20.3. The number of H-pyrrole nitrogens is 1. The van der Waals surface area contributed by atoms with Crippen LogP contribution in [0.15, 0.2) is 36.5 Å². The lowest BCUT2D eigenvalue weighted by molar-refractivity contribution is -0.134. The molecular formula is C26H35N3O5. The van der Waals surface area contributed by atoms with Crippen LogP contribution < -0.4 is 5.32 Å². The molecule has 2 heterocycles. The number of nitrogens with one attached hydrogen (secondary N) is 2. The zero-order valence-corrected chi connectivity index (χ0v) is 20.5. The number of piperidine rings is 1. The second kappa shape index (κ2) is 10.0. The number of aromatic amines is 1. The van der Waals surface area contributed by atoms with Crippen LogP contribution >= 0.6 is 0 Å². The number of fused-ring (bicyclic) bond motifs is 2. The lowest BCUT2D eigenvalue weighted by Crippen LogP contribution is -2.53. The Morgan fingerprint density at radius 3 is 2.41 bits per heavy atom. The molecule has 34 heavy (non-hydrogen) atoms. The fourth-order valence-electron chi connectivity index (χ4n) is 4.82. The van der Waals surface area contributed by atoms with Gasteiger partial charge in [-0.15, -0.1) is 0 Å². The van der Waals surface area contributed by atoms with Gasteiger partial charge in [0.2, 0.25) is 5.91 Å². The normalized spacial score (nSPS) is 23.0. The van der Waals surface area contributed by atoms with E-state index >= 15 is 0 Å². The van der Waals surface area contributed by atoms with Crippen molar-refractivity contribution in [2.75, 3.05) is 13.6 Å². The molecular weight excluding hydrogens is 434 g/mol. The fraction of sp³-hybridized carbons (Fsp3) is 0.500. The summed E-state index contributed by atoms with van der Waals surface area (Å²) in [5.41, 5.74) is 4.15. The molecule has 1 amide bonds. The fourth-order valence-corrected chi connectivity index (χ4v) is 4.82. The monoisotopic (exact) mass is 469 g/mol. The minimum Gasteiger partial charge on any atom is -0.478 e. The van der Waals surface area contributed by atoms with Gasteiger partial charge < -0.3 is 25.4 Å². The molecule has 0 bridgehead atoms. The van der Waals surface area contributed by atoms with Gasteiger partial charge in [-0.3, -0.25) is 4.79 Å². The van der Waals surface area contributed by atoms with Crippen molar-refractivity contribution in [1.82, 2.24) is 15.2 Å². The highest BCUT2D eigenvalue weighted by Gasteiger charge is 2.41. The number of carbonyl (C=O) groups excluding carboxylic acids is 1. The Balaban J connectivity index is 0.000000350. The average molecular weight is 470 g/mol. The molecule has 0 radical (unpaired) electrons. The van der Waals surface area contributed by atoms with Crippen LogP contribution in [0.25, 0.3) is 10.9 Å². The third-order valence-corrected chi connectivity index (χ3v) is 7.12. The minimum atomic E-state index is -1.26. The van der Waals surface area contributed by atoms with Crippen molar-refractivity contribution in [3.63, 3.8) is 0 Å². The number of benzene rings is 1. The maximum Gasteiger partial charge on any atom is 0.328 e. The highest BCUT2D eigenvalue weighted by Crippen LogP contribution is 2.44. The van der Waals surface area contributed by atoms with Crippen molar-refractivity contribution in [2.24, 2.45) is 11.3 Å². The third-order valence-electron chi connectivity index (χ3n) is 7.12. The first-order valence-corrected chi connectivity index (χ1v) is 11.6. The van der Waals surface area contributed by atoms with Gasteiger partial charge in [0, 0.05) is 53.8 Å². The second-order valence-corrected chi connectivity index (χ2v) is 10.4. The number of rotatable bonds is 4. The van der Waals surface area contributed by atoms with Crippen molar-refractivity contribution in [3.05, 3.63) is 47.7 Å². The highest BCUT2D eigenvalue weighted by atomic mass is 16.4. The van der Waals surface area contributed by atoms with Gasteiger partial charge in [0.15, 0.2) is 0 Å². The van der Waals surface area contributed by atoms with Gasteiger partial charge >= 0.3 is 11.9 Å². The number of aliphatic carboxylic acids is 2. The molecule has 4 N–H and O–H groups in total. The van der Waals surface area contributed by atoms with E-state index in [1.54, 1.807) is 0 Å². The number of likely N-dealkylation sites (tertiary alicyclic amines) is 1. The Morgan fingerprint density at radius 2 is 1.82 bits per heavy atom. The number of hydrogen-bond acceptors (Lipinski definition) is 4. The molecule has 0 spiro atoms. The van der Waals surface area contributed by atoms with Crippen LogP contribution in [0, 0.1) is 11.3 Å². The molecule has 1 saturated heterocycles. The Kier molecular flexibility index (Phi) is 7.51. The summed E-state index contributed by atoms with van der Waals surface area (Å²) in [5.74, 6) is -1.81. The summed E-state index contributed by atoms with van der Waals surface area (Å²) in [6, 6.07) is 7.23. The van der Waals surface area contributed by atoms with Gasteiger partial charge in [0.05, 0.1) is 5.92 Å². The summed E-state index contributed by atoms with van der Waals surface area (Å²) in [7, 11) is 2.18. The second-order valence-electron chi connectivity index (χ2n) is 10.4. The number of nitrogens with zero attached hydrogens (tertiary/aromatic N) is 1. The van der Waals surface area contributed by atoms with Crippen LogP contribution in [-0.4, -0.2) is 63.6 Å². The number of carboxylic acid groups (broad SMARTS) is 2. The summed E-state index contributed by atoms with van der Waals surface area (Å²) >= 11 is 0. The van der Waals surface area contributed by atoms with Crippen molar-refractivity contribution in [3.8, 4) is 0 Å². The maximum absolute atomic E-state index is 13.0. The predicted molar refractivity (Wildman–Crippen MR) is 131 cm³/mol. The van der Waals surface area contributed by atoms with Gasteiger partial charge in [-0.25, -0.2) is 9.59 Å². The first-order chi connectivity index (χ1) is 15.9. The zero-order chi connectivity index (χ0) is 25.2. The summed E-state index contributed by atoms with van der Waals surface area (Å²) in [6.07, 6.45) is 5.30. The Morgan fingerprint density at radius 1 is 1.18 bits per heavy atom. The Bertz CT molecular complexity index is 1080. The molecule has 1 aliphatic heterocycles. The molecule has 4 rings (SSSR count). The van der Waals surface area contributed by atoms with Crippen molar-refractivity contribution < 1.29 is 24.6 Å². The number of likely N-dealkylation sites (N-methyl/N-ethyl adjacent to an activating group) is 1. The van der Waals surface area contributed by atoms with E-state index in [1.807, 2.05) is 0 Å². The molecule has 1 aromatic heterocycles. The number of hydrogen-bond donors (Lipinski definition) is 4. The molecule has 4 atom stereocenters.